The van der Waals surface area contributed by atoms with Crippen LogP contribution in [-0.2, 0) is 6.54 Å². The largest absolute Gasteiger partial charge is 0.508 e. The minimum atomic E-state index is -0.510. The molecule has 0 saturated carbocycles. The minimum absolute atomic E-state index is 0.00600. The summed E-state index contributed by atoms with van der Waals surface area (Å²) in [4.78, 5) is 11.9. The van der Waals surface area contributed by atoms with Gasteiger partial charge < -0.3 is 20.6 Å². The number of phenolic OH excluding ortho intramolecular Hbond substituents is 3. The lowest BCUT2D eigenvalue weighted by atomic mass is 10.0. The number of carbonyl (C=O) groups is 1. The van der Waals surface area contributed by atoms with Crippen LogP contribution in [0.25, 0.3) is 0 Å². The van der Waals surface area contributed by atoms with Gasteiger partial charge in [0.15, 0.2) is 0 Å². The first kappa shape index (κ1) is 18.1. The molecule has 0 bridgehead atoms. The number of hydrogen-bond acceptors (Lipinski definition) is 5. The van der Waals surface area contributed by atoms with Crippen LogP contribution in [-0.4, -0.2) is 27.1 Å². The number of rotatable bonds is 5. The number of hydrazone groups is 1. The fourth-order valence-corrected chi connectivity index (χ4v) is 2.26. The summed E-state index contributed by atoms with van der Waals surface area (Å²) in [6.07, 6.45) is 0.477. The number of nitrogens with one attached hydrogen (secondary N) is 2. The fraction of sp³-hybridized carbons (Fsp3) is 0.222. The summed E-state index contributed by atoms with van der Waals surface area (Å²) in [7, 11) is 0. The topological polar surface area (TPSA) is 114 Å². The molecule has 7 heteroatoms. The third kappa shape index (κ3) is 4.63. The molecule has 0 fully saturated rings. The van der Waals surface area contributed by atoms with Crippen LogP contribution in [0, 0.1) is 6.92 Å². The average molecular weight is 343 g/mol. The Morgan fingerprint density at radius 2 is 1.92 bits per heavy atom. The standard InChI is InChI=1S/C18H21N3O4/c1-3-15(14-7-8-16(23)11(2)17(14)24)20-21-18(25)19-10-12-5-4-6-13(22)9-12/h4-9,22-24H,3,10H2,1-2H3,(H2,19,21,25)/b20-15+. The molecular weight excluding hydrogens is 322 g/mol. The number of phenols is 3. The van der Waals surface area contributed by atoms with Gasteiger partial charge in [-0.15, -0.1) is 0 Å². The zero-order valence-corrected chi connectivity index (χ0v) is 14.1. The molecule has 7 nitrogen and oxygen atoms in total. The molecule has 2 rings (SSSR count). The molecule has 0 unspecified atom stereocenters. The first-order chi connectivity index (χ1) is 11.9. The molecule has 0 radical (unpaired) electrons. The predicted molar refractivity (Wildman–Crippen MR) is 94.8 cm³/mol. The summed E-state index contributed by atoms with van der Waals surface area (Å²) in [6.45, 7) is 3.67. The molecule has 0 aromatic heterocycles. The molecule has 0 heterocycles. The molecule has 2 amide bonds. The number of aromatic hydroxyl groups is 3. The monoisotopic (exact) mass is 343 g/mol. The van der Waals surface area contributed by atoms with E-state index >= 15 is 0 Å². The third-order valence-corrected chi connectivity index (χ3v) is 3.70. The van der Waals surface area contributed by atoms with E-state index in [1.165, 1.54) is 6.07 Å². The Balaban J connectivity index is 2.03. The van der Waals surface area contributed by atoms with Crippen LogP contribution in [0.2, 0.25) is 0 Å². The average Bonchev–Trinajstić information content (AvgIpc) is 2.60. The zero-order valence-electron chi connectivity index (χ0n) is 14.1. The van der Waals surface area contributed by atoms with Crippen LogP contribution in [0.1, 0.15) is 30.0 Å². The van der Waals surface area contributed by atoms with Crippen LogP contribution in [0.4, 0.5) is 4.79 Å². The molecule has 0 aliphatic rings. The van der Waals surface area contributed by atoms with Crippen LogP contribution >= 0.6 is 0 Å². The quantitative estimate of drug-likeness (QED) is 0.424. The van der Waals surface area contributed by atoms with Crippen molar-refractivity contribution in [2.75, 3.05) is 0 Å². The van der Waals surface area contributed by atoms with Crippen molar-refractivity contribution in [3.8, 4) is 17.2 Å². The number of carbonyl (C=O) groups excluding carboxylic acids is 1. The van der Waals surface area contributed by atoms with E-state index in [4.69, 9.17) is 0 Å². The number of urea groups is 1. The number of amides is 2. The van der Waals surface area contributed by atoms with Crippen molar-refractivity contribution in [2.45, 2.75) is 26.8 Å². The molecule has 0 saturated heterocycles. The fourth-order valence-electron chi connectivity index (χ4n) is 2.26. The molecule has 25 heavy (non-hydrogen) atoms. The Bertz CT molecular complexity index is 803. The van der Waals surface area contributed by atoms with Gasteiger partial charge in [0, 0.05) is 17.7 Å². The maximum Gasteiger partial charge on any atom is 0.335 e. The summed E-state index contributed by atoms with van der Waals surface area (Å²) in [5, 5.41) is 35.8. The summed E-state index contributed by atoms with van der Waals surface area (Å²) < 4.78 is 0. The van der Waals surface area contributed by atoms with Crippen molar-refractivity contribution >= 4 is 11.7 Å². The summed E-state index contributed by atoms with van der Waals surface area (Å²) in [5.41, 5.74) is 4.42. The van der Waals surface area contributed by atoms with Crippen LogP contribution < -0.4 is 10.7 Å². The van der Waals surface area contributed by atoms with E-state index in [-0.39, 0.29) is 23.8 Å². The van der Waals surface area contributed by atoms with E-state index < -0.39 is 6.03 Å². The maximum atomic E-state index is 11.9. The van der Waals surface area contributed by atoms with Crippen molar-refractivity contribution in [1.29, 1.82) is 0 Å². The van der Waals surface area contributed by atoms with Crippen molar-refractivity contribution in [1.82, 2.24) is 10.7 Å². The first-order valence-electron chi connectivity index (χ1n) is 7.82. The van der Waals surface area contributed by atoms with Gasteiger partial charge in [0.25, 0.3) is 0 Å². The molecular formula is C18H21N3O4. The minimum Gasteiger partial charge on any atom is -0.508 e. The number of hydrogen-bond donors (Lipinski definition) is 5. The Kier molecular flexibility index (Phi) is 5.84. The second-order valence-corrected chi connectivity index (χ2v) is 5.48. The van der Waals surface area contributed by atoms with E-state index in [9.17, 15) is 20.1 Å². The van der Waals surface area contributed by atoms with Gasteiger partial charge >= 0.3 is 6.03 Å². The predicted octanol–water partition coefficient (Wildman–Crippen LogP) is 2.73. The van der Waals surface area contributed by atoms with Gasteiger partial charge in [0.1, 0.15) is 17.2 Å². The van der Waals surface area contributed by atoms with Gasteiger partial charge in [-0.3, -0.25) is 0 Å². The molecule has 0 spiro atoms. The Morgan fingerprint density at radius 1 is 1.16 bits per heavy atom. The molecule has 0 aliphatic heterocycles. The van der Waals surface area contributed by atoms with E-state index in [2.05, 4.69) is 15.8 Å². The van der Waals surface area contributed by atoms with Crippen LogP contribution in [0.3, 0.4) is 0 Å². The Morgan fingerprint density at radius 3 is 2.60 bits per heavy atom. The second kappa shape index (κ2) is 8.05. The van der Waals surface area contributed by atoms with Crippen LogP contribution in [0.15, 0.2) is 41.5 Å². The van der Waals surface area contributed by atoms with E-state index in [0.29, 0.717) is 23.3 Å². The smallest absolute Gasteiger partial charge is 0.335 e. The number of benzene rings is 2. The van der Waals surface area contributed by atoms with E-state index in [0.717, 1.165) is 5.56 Å². The first-order valence-corrected chi connectivity index (χ1v) is 7.82. The van der Waals surface area contributed by atoms with Gasteiger partial charge in [-0.25, -0.2) is 10.2 Å². The lowest BCUT2D eigenvalue weighted by molar-refractivity contribution is 0.241. The van der Waals surface area contributed by atoms with Gasteiger partial charge in [-0.2, -0.15) is 5.10 Å². The van der Waals surface area contributed by atoms with Gasteiger partial charge in [0.2, 0.25) is 0 Å². The summed E-state index contributed by atoms with van der Waals surface area (Å²) >= 11 is 0. The van der Waals surface area contributed by atoms with E-state index in [1.807, 2.05) is 6.92 Å². The normalized spacial score (nSPS) is 11.2. The molecule has 0 atom stereocenters. The molecule has 2 aromatic carbocycles. The highest BCUT2D eigenvalue weighted by Gasteiger charge is 2.13. The Labute approximate surface area is 145 Å². The highest BCUT2D eigenvalue weighted by atomic mass is 16.3. The number of nitrogens with zero attached hydrogens (tertiary/aromatic N) is 1. The van der Waals surface area contributed by atoms with Crippen molar-refractivity contribution < 1.29 is 20.1 Å². The molecule has 5 N–H and O–H groups in total. The SMILES string of the molecule is CC/C(=N\NC(=O)NCc1cccc(O)c1)c1ccc(O)c(C)c1O. The van der Waals surface area contributed by atoms with Crippen molar-refractivity contribution in [3.05, 3.63) is 53.1 Å². The molecule has 2 aromatic rings. The van der Waals surface area contributed by atoms with E-state index in [1.54, 1.807) is 37.3 Å². The second-order valence-electron chi connectivity index (χ2n) is 5.48. The summed E-state index contributed by atoms with van der Waals surface area (Å²) in [5.74, 6) is 0.0558. The highest BCUT2D eigenvalue weighted by molar-refractivity contribution is 6.03. The highest BCUT2D eigenvalue weighted by Crippen LogP contribution is 2.30. The van der Waals surface area contributed by atoms with Gasteiger partial charge in [0.05, 0.1) is 5.71 Å². The van der Waals surface area contributed by atoms with Crippen molar-refractivity contribution in [3.63, 3.8) is 0 Å². The van der Waals surface area contributed by atoms with Crippen LogP contribution in [0.5, 0.6) is 17.2 Å². The van der Waals surface area contributed by atoms with Gasteiger partial charge in [-0.05, 0) is 43.2 Å². The lowest BCUT2D eigenvalue weighted by Gasteiger charge is -2.11. The third-order valence-electron chi connectivity index (χ3n) is 3.70. The Hall–Kier alpha value is -3.22. The van der Waals surface area contributed by atoms with Crippen molar-refractivity contribution in [2.24, 2.45) is 5.10 Å². The zero-order chi connectivity index (χ0) is 18.4. The maximum absolute atomic E-state index is 11.9. The molecule has 132 valence electrons. The molecule has 0 aliphatic carbocycles. The summed E-state index contributed by atoms with van der Waals surface area (Å²) in [6, 6.07) is 9.07. The lowest BCUT2D eigenvalue weighted by Crippen LogP contribution is -2.32. The van der Waals surface area contributed by atoms with Gasteiger partial charge in [-0.1, -0.05) is 19.1 Å².